The lowest BCUT2D eigenvalue weighted by molar-refractivity contribution is -0.137. The molecule has 0 aromatic heterocycles. The Hall–Kier alpha value is -1.06. The van der Waals surface area contributed by atoms with Gasteiger partial charge < -0.3 is 10.4 Å². The van der Waals surface area contributed by atoms with Gasteiger partial charge in [0.25, 0.3) is 0 Å². The smallest absolute Gasteiger partial charge is 0.303 e. The normalized spacial score (nSPS) is 14.6. The van der Waals surface area contributed by atoms with Gasteiger partial charge in [-0.25, -0.2) is 0 Å². The highest BCUT2D eigenvalue weighted by atomic mass is 16.4. The molecular formula is C12H23NO3. The molecule has 0 rings (SSSR count). The van der Waals surface area contributed by atoms with E-state index in [-0.39, 0.29) is 24.2 Å². The van der Waals surface area contributed by atoms with Crippen molar-refractivity contribution in [2.24, 2.45) is 17.8 Å². The highest BCUT2D eigenvalue weighted by molar-refractivity contribution is 5.78. The number of nitrogens with one attached hydrogen (secondary N) is 1. The van der Waals surface area contributed by atoms with Crippen molar-refractivity contribution in [3.05, 3.63) is 0 Å². The second-order valence-electron chi connectivity index (χ2n) is 4.82. The average Bonchev–Trinajstić information content (AvgIpc) is 2.21. The molecule has 0 aliphatic heterocycles. The summed E-state index contributed by atoms with van der Waals surface area (Å²) in [5.74, 6) is -0.189. The van der Waals surface area contributed by atoms with Crippen LogP contribution >= 0.6 is 0 Å². The van der Waals surface area contributed by atoms with Crippen LogP contribution in [0.3, 0.4) is 0 Å². The molecule has 2 atom stereocenters. The zero-order valence-electron chi connectivity index (χ0n) is 10.6. The third kappa shape index (κ3) is 6.43. The highest BCUT2D eigenvalue weighted by Crippen LogP contribution is 2.10. The fourth-order valence-electron chi connectivity index (χ4n) is 1.21. The number of carboxylic acids is 1. The van der Waals surface area contributed by atoms with Crippen molar-refractivity contribution < 1.29 is 14.7 Å². The lowest BCUT2D eigenvalue weighted by Gasteiger charge is -2.17. The predicted molar refractivity (Wildman–Crippen MR) is 63.0 cm³/mol. The van der Waals surface area contributed by atoms with Crippen molar-refractivity contribution in [1.29, 1.82) is 0 Å². The molecule has 0 fully saturated rings. The molecule has 0 aromatic rings. The van der Waals surface area contributed by atoms with Gasteiger partial charge in [0.15, 0.2) is 0 Å². The van der Waals surface area contributed by atoms with Crippen molar-refractivity contribution in [1.82, 2.24) is 5.32 Å². The highest BCUT2D eigenvalue weighted by Gasteiger charge is 2.16. The van der Waals surface area contributed by atoms with Crippen molar-refractivity contribution in [3.8, 4) is 0 Å². The van der Waals surface area contributed by atoms with E-state index in [0.717, 1.165) is 0 Å². The summed E-state index contributed by atoms with van der Waals surface area (Å²) < 4.78 is 0. The van der Waals surface area contributed by atoms with E-state index in [9.17, 15) is 9.59 Å². The van der Waals surface area contributed by atoms with Gasteiger partial charge in [-0.05, 0) is 18.3 Å². The van der Waals surface area contributed by atoms with Crippen LogP contribution < -0.4 is 5.32 Å². The monoisotopic (exact) mass is 229 g/mol. The molecule has 0 aliphatic carbocycles. The Morgan fingerprint density at radius 1 is 1.19 bits per heavy atom. The van der Waals surface area contributed by atoms with E-state index in [0.29, 0.717) is 18.9 Å². The fourth-order valence-corrected chi connectivity index (χ4v) is 1.21. The largest absolute Gasteiger partial charge is 0.481 e. The van der Waals surface area contributed by atoms with Crippen molar-refractivity contribution in [2.75, 3.05) is 6.54 Å². The van der Waals surface area contributed by atoms with Crippen molar-refractivity contribution in [2.45, 2.75) is 40.5 Å². The molecule has 16 heavy (non-hydrogen) atoms. The molecule has 0 saturated heterocycles. The number of rotatable bonds is 7. The number of carbonyl (C=O) groups is 2. The van der Waals surface area contributed by atoms with Crippen LogP contribution in [0.25, 0.3) is 0 Å². The number of amides is 1. The summed E-state index contributed by atoms with van der Waals surface area (Å²) in [6.45, 7) is 8.44. The summed E-state index contributed by atoms with van der Waals surface area (Å²) in [5, 5.41) is 11.4. The fraction of sp³-hybridized carbons (Fsp3) is 0.833. The number of carbonyl (C=O) groups excluding carboxylic acids is 1. The third-order valence-corrected chi connectivity index (χ3v) is 2.89. The molecule has 0 aliphatic rings. The van der Waals surface area contributed by atoms with Crippen LogP contribution in [-0.4, -0.2) is 23.5 Å². The van der Waals surface area contributed by atoms with Gasteiger partial charge in [0, 0.05) is 18.9 Å². The topological polar surface area (TPSA) is 66.4 Å². The minimum Gasteiger partial charge on any atom is -0.481 e. The van der Waals surface area contributed by atoms with Gasteiger partial charge >= 0.3 is 5.97 Å². The second kappa shape index (κ2) is 7.25. The first-order valence-corrected chi connectivity index (χ1v) is 5.84. The van der Waals surface area contributed by atoms with Gasteiger partial charge in [-0.3, -0.25) is 9.59 Å². The first-order chi connectivity index (χ1) is 7.34. The van der Waals surface area contributed by atoms with E-state index >= 15 is 0 Å². The molecule has 94 valence electrons. The van der Waals surface area contributed by atoms with Crippen molar-refractivity contribution >= 4 is 11.9 Å². The van der Waals surface area contributed by atoms with Crippen LogP contribution in [-0.2, 0) is 9.59 Å². The number of hydrogen-bond donors (Lipinski definition) is 2. The quantitative estimate of drug-likeness (QED) is 0.700. The molecule has 0 spiro atoms. The molecule has 0 bridgehead atoms. The van der Waals surface area contributed by atoms with Gasteiger partial charge in [-0.2, -0.15) is 0 Å². The third-order valence-electron chi connectivity index (χ3n) is 2.89. The van der Waals surface area contributed by atoms with Crippen LogP contribution in [0.1, 0.15) is 40.5 Å². The average molecular weight is 229 g/mol. The van der Waals surface area contributed by atoms with E-state index in [1.54, 1.807) is 0 Å². The summed E-state index contributed by atoms with van der Waals surface area (Å²) in [5.41, 5.74) is 0. The Balaban J connectivity index is 3.79. The number of hydrogen-bond acceptors (Lipinski definition) is 2. The maximum absolute atomic E-state index is 11.6. The Labute approximate surface area is 97.4 Å². The van der Waals surface area contributed by atoms with Gasteiger partial charge in [-0.15, -0.1) is 0 Å². The summed E-state index contributed by atoms with van der Waals surface area (Å²) in [4.78, 5) is 22.0. The van der Waals surface area contributed by atoms with Crippen molar-refractivity contribution in [3.63, 3.8) is 0 Å². The lowest BCUT2D eigenvalue weighted by Crippen LogP contribution is -2.34. The summed E-state index contributed by atoms with van der Waals surface area (Å²) in [7, 11) is 0. The van der Waals surface area contributed by atoms with Crippen LogP contribution in [0.15, 0.2) is 0 Å². The molecule has 0 saturated carbocycles. The summed E-state index contributed by atoms with van der Waals surface area (Å²) in [6, 6.07) is 0. The Bertz CT molecular complexity index is 238. The SMILES string of the molecule is CC(CCC(=O)O)CNC(=O)C(C)C(C)C. The Morgan fingerprint density at radius 2 is 1.75 bits per heavy atom. The number of carboxylic acid groups (broad SMARTS) is 1. The van der Waals surface area contributed by atoms with E-state index < -0.39 is 5.97 Å². The van der Waals surface area contributed by atoms with Crippen LogP contribution in [0.4, 0.5) is 0 Å². The van der Waals surface area contributed by atoms with E-state index in [2.05, 4.69) is 5.32 Å². The maximum Gasteiger partial charge on any atom is 0.303 e. The summed E-state index contributed by atoms with van der Waals surface area (Å²) >= 11 is 0. The Kier molecular flexibility index (Phi) is 6.77. The van der Waals surface area contributed by atoms with E-state index in [1.807, 2.05) is 27.7 Å². The Morgan fingerprint density at radius 3 is 2.19 bits per heavy atom. The zero-order valence-corrected chi connectivity index (χ0v) is 10.6. The van der Waals surface area contributed by atoms with Crippen LogP contribution in [0.5, 0.6) is 0 Å². The standard InChI is InChI=1S/C12H23NO3/c1-8(2)10(4)12(16)13-7-9(3)5-6-11(14)15/h8-10H,5-7H2,1-4H3,(H,13,16)(H,14,15). The van der Waals surface area contributed by atoms with E-state index in [4.69, 9.17) is 5.11 Å². The predicted octanol–water partition coefficient (Wildman–Crippen LogP) is 1.90. The second-order valence-corrected chi connectivity index (χ2v) is 4.82. The first kappa shape index (κ1) is 14.9. The zero-order chi connectivity index (χ0) is 12.7. The van der Waals surface area contributed by atoms with Gasteiger partial charge in [-0.1, -0.05) is 27.7 Å². The first-order valence-electron chi connectivity index (χ1n) is 5.84. The lowest BCUT2D eigenvalue weighted by atomic mass is 9.97. The minimum atomic E-state index is -0.784. The molecule has 1 amide bonds. The van der Waals surface area contributed by atoms with Crippen LogP contribution in [0.2, 0.25) is 0 Å². The maximum atomic E-state index is 11.6. The molecule has 4 nitrogen and oxygen atoms in total. The minimum absolute atomic E-state index is 0.00618. The number of aliphatic carboxylic acids is 1. The molecule has 0 heterocycles. The molecule has 0 radical (unpaired) electrons. The van der Waals surface area contributed by atoms with Gasteiger partial charge in [0.2, 0.25) is 5.91 Å². The van der Waals surface area contributed by atoms with E-state index in [1.165, 1.54) is 0 Å². The van der Waals surface area contributed by atoms with Gasteiger partial charge in [0.05, 0.1) is 0 Å². The molecule has 0 aromatic carbocycles. The van der Waals surface area contributed by atoms with Crippen LogP contribution in [0, 0.1) is 17.8 Å². The van der Waals surface area contributed by atoms with Gasteiger partial charge in [0.1, 0.15) is 0 Å². The molecule has 2 unspecified atom stereocenters. The summed E-state index contributed by atoms with van der Waals surface area (Å²) in [6.07, 6.45) is 0.766. The molecular weight excluding hydrogens is 206 g/mol. The molecule has 4 heteroatoms. The molecule has 2 N–H and O–H groups in total.